The second-order valence-electron chi connectivity index (χ2n) is 4.65. The monoisotopic (exact) mass is 364 g/mol. The summed E-state index contributed by atoms with van der Waals surface area (Å²) in [6, 6.07) is 0. The predicted octanol–water partition coefficient (Wildman–Crippen LogP) is 3.41. The molecule has 0 saturated heterocycles. The van der Waals surface area contributed by atoms with Gasteiger partial charge < -0.3 is 9.47 Å². The van der Waals surface area contributed by atoms with Crippen LogP contribution in [0, 0.1) is 40.9 Å². The van der Waals surface area contributed by atoms with Crippen molar-refractivity contribution in [3.63, 3.8) is 0 Å². The van der Waals surface area contributed by atoms with Crippen LogP contribution in [-0.4, -0.2) is 18.0 Å². The molecule has 1 unspecified atom stereocenters. The van der Waals surface area contributed by atoms with Crippen LogP contribution in [-0.2, 0) is 14.3 Å². The number of halogens is 5. The number of carbonyl (C=O) groups is 2. The Kier molecular flexibility index (Phi) is 7.36. The van der Waals surface area contributed by atoms with Crippen LogP contribution in [0.15, 0.2) is 0 Å². The van der Waals surface area contributed by atoms with Crippen LogP contribution >= 0.6 is 0 Å². The topological polar surface area (TPSA) is 52.6 Å². The van der Waals surface area contributed by atoms with E-state index in [1.165, 1.54) is 6.92 Å². The van der Waals surface area contributed by atoms with Crippen molar-refractivity contribution in [3.8, 4) is 17.6 Å². The highest BCUT2D eigenvalue weighted by Gasteiger charge is 2.28. The molecule has 0 aliphatic rings. The normalized spacial score (nSPS) is 11.3. The minimum atomic E-state index is -2.37. The van der Waals surface area contributed by atoms with Gasteiger partial charge in [0, 0.05) is 0 Å². The van der Waals surface area contributed by atoms with E-state index < -0.39 is 65.7 Å². The van der Waals surface area contributed by atoms with Crippen molar-refractivity contribution >= 4 is 11.9 Å². The summed E-state index contributed by atoms with van der Waals surface area (Å²) in [6.07, 6.45) is -1.48. The summed E-state index contributed by atoms with van der Waals surface area (Å²) in [7, 11) is 0. The quantitative estimate of drug-likeness (QED) is 0.194. The first kappa shape index (κ1) is 20.4. The Hall–Kier alpha value is -2.63. The van der Waals surface area contributed by atoms with E-state index in [2.05, 4.69) is 16.6 Å². The molecule has 0 saturated carbocycles. The smallest absolute Gasteiger partial charge is 0.311 e. The zero-order valence-corrected chi connectivity index (χ0v) is 13.2. The first-order valence-electron chi connectivity index (χ1n) is 7.06. The van der Waals surface area contributed by atoms with E-state index in [0.717, 1.165) is 0 Å². The number of hydrogen-bond acceptors (Lipinski definition) is 4. The average molecular weight is 364 g/mol. The van der Waals surface area contributed by atoms with Crippen molar-refractivity contribution in [2.75, 3.05) is 0 Å². The molecule has 0 bridgehead atoms. The highest BCUT2D eigenvalue weighted by Crippen LogP contribution is 2.29. The standard InChI is InChI=1S/C16H13F5O4/c1-3-5-8(4-2)24-9(22)6-7-10(23)25-16-14(20)12(18)11(17)13(19)15(16)21/h8H,4,6-7H2,1-2H3. The molecule has 0 fully saturated rings. The Morgan fingerprint density at radius 1 is 0.920 bits per heavy atom. The Labute approximate surface area is 139 Å². The Morgan fingerprint density at radius 3 is 1.88 bits per heavy atom. The molecule has 1 atom stereocenters. The number of carbonyl (C=O) groups excluding carboxylic acids is 2. The second kappa shape index (κ2) is 9.01. The summed E-state index contributed by atoms with van der Waals surface area (Å²) in [5.41, 5.74) is 0. The third kappa shape index (κ3) is 5.17. The fourth-order valence-corrected chi connectivity index (χ4v) is 1.64. The molecule has 0 N–H and O–H groups in total. The first-order valence-corrected chi connectivity index (χ1v) is 7.06. The molecule has 0 aliphatic heterocycles. The van der Waals surface area contributed by atoms with Crippen LogP contribution in [0.4, 0.5) is 22.0 Å². The van der Waals surface area contributed by atoms with Crippen molar-refractivity contribution in [1.82, 2.24) is 0 Å². The molecule has 0 aliphatic carbocycles. The van der Waals surface area contributed by atoms with Gasteiger partial charge in [-0.3, -0.25) is 9.59 Å². The molecule has 0 amide bonds. The Bertz CT molecular complexity index is 707. The van der Waals surface area contributed by atoms with E-state index in [1.54, 1.807) is 6.92 Å². The highest BCUT2D eigenvalue weighted by molar-refractivity contribution is 5.79. The van der Waals surface area contributed by atoms with Crippen molar-refractivity contribution < 1.29 is 41.0 Å². The summed E-state index contributed by atoms with van der Waals surface area (Å²) in [5.74, 6) is -10.2. The number of esters is 2. The van der Waals surface area contributed by atoms with Gasteiger partial charge in [-0.05, 0) is 13.3 Å². The first-order chi connectivity index (χ1) is 11.7. The highest BCUT2D eigenvalue weighted by atomic mass is 19.2. The summed E-state index contributed by atoms with van der Waals surface area (Å²) in [6.45, 7) is 3.25. The van der Waals surface area contributed by atoms with E-state index in [-0.39, 0.29) is 0 Å². The minimum Gasteiger partial charge on any atom is -0.449 e. The van der Waals surface area contributed by atoms with Gasteiger partial charge in [-0.15, -0.1) is 5.92 Å². The predicted molar refractivity (Wildman–Crippen MR) is 74.7 cm³/mol. The van der Waals surface area contributed by atoms with Gasteiger partial charge >= 0.3 is 11.9 Å². The molecule has 0 aromatic heterocycles. The van der Waals surface area contributed by atoms with Crippen LogP contribution in [0.5, 0.6) is 5.75 Å². The molecule has 0 spiro atoms. The maximum absolute atomic E-state index is 13.4. The lowest BCUT2D eigenvalue weighted by molar-refractivity contribution is -0.149. The van der Waals surface area contributed by atoms with Gasteiger partial charge in [0.25, 0.3) is 0 Å². The van der Waals surface area contributed by atoms with E-state index >= 15 is 0 Å². The van der Waals surface area contributed by atoms with Crippen LogP contribution < -0.4 is 4.74 Å². The maximum Gasteiger partial charge on any atom is 0.311 e. The number of ether oxygens (including phenoxy) is 2. The molecule has 9 heteroatoms. The fourth-order valence-electron chi connectivity index (χ4n) is 1.64. The van der Waals surface area contributed by atoms with Gasteiger partial charge in [0.2, 0.25) is 34.8 Å². The molecule has 0 radical (unpaired) electrons. The lowest BCUT2D eigenvalue weighted by atomic mass is 10.2. The molecule has 136 valence electrons. The van der Waals surface area contributed by atoms with Crippen molar-refractivity contribution in [3.05, 3.63) is 29.1 Å². The summed E-state index contributed by atoms with van der Waals surface area (Å²) in [4.78, 5) is 23.0. The Morgan fingerprint density at radius 2 is 1.40 bits per heavy atom. The zero-order chi connectivity index (χ0) is 19.1. The second-order valence-corrected chi connectivity index (χ2v) is 4.65. The SMILES string of the molecule is CC#CC(CC)OC(=O)CCC(=O)Oc1c(F)c(F)c(F)c(F)c1F. The largest absolute Gasteiger partial charge is 0.449 e. The molecular weight excluding hydrogens is 351 g/mol. The third-order valence-electron chi connectivity index (χ3n) is 2.87. The van der Waals surface area contributed by atoms with E-state index in [1.807, 2.05) is 0 Å². The van der Waals surface area contributed by atoms with E-state index in [9.17, 15) is 31.5 Å². The molecule has 1 rings (SSSR count). The van der Waals surface area contributed by atoms with Gasteiger partial charge in [-0.2, -0.15) is 8.78 Å². The van der Waals surface area contributed by atoms with Crippen LogP contribution in [0.1, 0.15) is 33.1 Å². The molecular formula is C16H13F5O4. The average Bonchev–Trinajstić information content (AvgIpc) is 2.59. The van der Waals surface area contributed by atoms with Crippen LogP contribution in [0.3, 0.4) is 0 Å². The molecule has 0 heterocycles. The fraction of sp³-hybridized carbons (Fsp3) is 0.375. The van der Waals surface area contributed by atoms with Crippen molar-refractivity contribution in [2.45, 2.75) is 39.2 Å². The maximum atomic E-state index is 13.4. The van der Waals surface area contributed by atoms with Gasteiger partial charge in [-0.1, -0.05) is 12.8 Å². The lowest BCUT2D eigenvalue weighted by Crippen LogP contribution is -2.18. The third-order valence-corrected chi connectivity index (χ3v) is 2.87. The number of hydrogen-bond donors (Lipinski definition) is 0. The van der Waals surface area contributed by atoms with Gasteiger partial charge in [0.1, 0.15) is 0 Å². The van der Waals surface area contributed by atoms with Crippen LogP contribution in [0.25, 0.3) is 0 Å². The van der Waals surface area contributed by atoms with E-state index in [4.69, 9.17) is 4.74 Å². The van der Waals surface area contributed by atoms with Gasteiger partial charge in [-0.25, -0.2) is 13.2 Å². The lowest BCUT2D eigenvalue weighted by Gasteiger charge is -2.11. The minimum absolute atomic E-state index is 0.404. The summed E-state index contributed by atoms with van der Waals surface area (Å²) >= 11 is 0. The number of rotatable bonds is 6. The van der Waals surface area contributed by atoms with E-state index in [0.29, 0.717) is 6.42 Å². The molecule has 4 nitrogen and oxygen atoms in total. The zero-order valence-electron chi connectivity index (χ0n) is 13.2. The summed E-state index contributed by atoms with van der Waals surface area (Å²) in [5, 5.41) is 0. The van der Waals surface area contributed by atoms with Crippen molar-refractivity contribution in [2.24, 2.45) is 0 Å². The molecule has 1 aromatic rings. The Balaban J connectivity index is 2.72. The van der Waals surface area contributed by atoms with Gasteiger partial charge in [0.15, 0.2) is 6.10 Å². The van der Waals surface area contributed by atoms with Crippen molar-refractivity contribution in [1.29, 1.82) is 0 Å². The van der Waals surface area contributed by atoms with Gasteiger partial charge in [0.05, 0.1) is 12.8 Å². The molecule has 25 heavy (non-hydrogen) atoms. The summed E-state index contributed by atoms with van der Waals surface area (Å²) < 4.78 is 74.6. The van der Waals surface area contributed by atoms with Crippen LogP contribution in [0.2, 0.25) is 0 Å². The molecule has 1 aromatic carbocycles. The number of benzene rings is 1.